The van der Waals surface area contributed by atoms with Crippen LogP contribution >= 0.6 is 11.3 Å². The van der Waals surface area contributed by atoms with Crippen LogP contribution in [0.25, 0.3) is 0 Å². The van der Waals surface area contributed by atoms with E-state index < -0.39 is 21.3 Å². The minimum absolute atomic E-state index is 0.0719. The summed E-state index contributed by atoms with van der Waals surface area (Å²) >= 11 is 1.07. The first-order chi connectivity index (χ1) is 15.8. The number of sulfonamides is 1. The first-order valence-corrected chi connectivity index (χ1v) is 12.9. The molecule has 0 unspecified atom stereocenters. The zero-order chi connectivity index (χ0) is 23.5. The molecule has 33 heavy (non-hydrogen) atoms. The highest BCUT2D eigenvalue weighted by Gasteiger charge is 2.36. The average molecular weight is 489 g/mol. The lowest BCUT2D eigenvalue weighted by molar-refractivity contribution is 0.0486. The summed E-state index contributed by atoms with van der Waals surface area (Å²) in [6.45, 7) is 3.17. The molecule has 1 aliphatic rings. The normalized spacial score (nSPS) is 15.7. The van der Waals surface area contributed by atoms with Crippen molar-refractivity contribution in [2.75, 3.05) is 24.5 Å². The molecule has 3 aromatic rings. The summed E-state index contributed by atoms with van der Waals surface area (Å²) in [7, 11) is -3.94. The number of rotatable bonds is 7. The van der Waals surface area contributed by atoms with Gasteiger partial charge < -0.3 is 10.1 Å². The third-order valence-electron chi connectivity index (χ3n) is 5.90. The van der Waals surface area contributed by atoms with Crippen molar-refractivity contribution in [2.45, 2.75) is 30.1 Å². The maximum absolute atomic E-state index is 13.9. The monoisotopic (exact) mass is 488 g/mol. The van der Waals surface area contributed by atoms with Gasteiger partial charge in [0.1, 0.15) is 15.6 Å². The Morgan fingerprint density at radius 3 is 2.55 bits per heavy atom. The summed E-state index contributed by atoms with van der Waals surface area (Å²) in [5, 5.41) is 4.48. The quantitative estimate of drug-likeness (QED) is 0.514. The van der Waals surface area contributed by atoms with Crippen molar-refractivity contribution in [3.05, 3.63) is 81.8 Å². The highest BCUT2D eigenvalue weighted by Crippen LogP contribution is 2.35. The smallest absolute Gasteiger partial charge is 0.263 e. The van der Waals surface area contributed by atoms with Gasteiger partial charge in [0.2, 0.25) is 0 Å². The molecule has 1 amide bonds. The SMILES string of the molecule is Cc1ccc(NS(=O)(=O)c2ccsc2C(=O)NCC2(c3cccc(F)c3)CCOCC2)cc1. The van der Waals surface area contributed by atoms with E-state index in [1.807, 2.05) is 13.0 Å². The number of anilines is 1. The van der Waals surface area contributed by atoms with Crippen molar-refractivity contribution < 1.29 is 22.3 Å². The molecule has 0 spiro atoms. The van der Waals surface area contributed by atoms with Crippen molar-refractivity contribution in [2.24, 2.45) is 0 Å². The fourth-order valence-corrected chi connectivity index (χ4v) is 6.39. The summed E-state index contributed by atoms with van der Waals surface area (Å²) in [5.74, 6) is -0.810. The molecule has 0 atom stereocenters. The van der Waals surface area contributed by atoms with Crippen LogP contribution in [0.1, 0.15) is 33.6 Å². The first-order valence-electron chi connectivity index (χ1n) is 10.6. The van der Waals surface area contributed by atoms with Gasteiger partial charge in [0, 0.05) is 30.9 Å². The molecule has 1 aliphatic heterocycles. The van der Waals surface area contributed by atoms with Gasteiger partial charge in [-0.1, -0.05) is 29.8 Å². The van der Waals surface area contributed by atoms with Crippen LogP contribution in [0, 0.1) is 12.7 Å². The molecule has 9 heteroatoms. The fraction of sp³-hybridized carbons (Fsp3) is 0.292. The predicted molar refractivity (Wildman–Crippen MR) is 127 cm³/mol. The number of benzene rings is 2. The van der Waals surface area contributed by atoms with E-state index in [1.54, 1.807) is 35.7 Å². The van der Waals surface area contributed by atoms with Gasteiger partial charge in [-0.2, -0.15) is 0 Å². The zero-order valence-corrected chi connectivity index (χ0v) is 19.8. The maximum Gasteiger partial charge on any atom is 0.263 e. The lowest BCUT2D eigenvalue weighted by atomic mass is 9.74. The topological polar surface area (TPSA) is 84.5 Å². The molecule has 2 heterocycles. The molecule has 0 aliphatic carbocycles. The Kier molecular flexibility index (Phi) is 6.83. The number of ether oxygens (including phenoxy) is 1. The Balaban J connectivity index is 1.53. The molecule has 174 valence electrons. The molecule has 1 fully saturated rings. The van der Waals surface area contributed by atoms with E-state index in [1.165, 1.54) is 18.2 Å². The molecule has 1 saturated heterocycles. The van der Waals surface area contributed by atoms with Gasteiger partial charge in [-0.3, -0.25) is 9.52 Å². The molecule has 0 radical (unpaired) electrons. The number of hydrogen-bond donors (Lipinski definition) is 2. The number of carbonyl (C=O) groups excluding carboxylic acids is 1. The molecule has 2 aromatic carbocycles. The molecule has 2 N–H and O–H groups in total. The van der Waals surface area contributed by atoms with E-state index in [4.69, 9.17) is 4.74 Å². The minimum atomic E-state index is -3.94. The van der Waals surface area contributed by atoms with Crippen molar-refractivity contribution >= 4 is 33.0 Å². The predicted octanol–water partition coefficient (Wildman–Crippen LogP) is 4.47. The third kappa shape index (κ3) is 5.26. The second-order valence-electron chi connectivity index (χ2n) is 8.17. The van der Waals surface area contributed by atoms with E-state index >= 15 is 0 Å². The molecular weight excluding hydrogens is 463 g/mol. The Morgan fingerprint density at radius 2 is 1.85 bits per heavy atom. The summed E-state index contributed by atoms with van der Waals surface area (Å²) in [6.07, 6.45) is 1.25. The summed E-state index contributed by atoms with van der Waals surface area (Å²) in [4.78, 5) is 13.1. The standard InChI is InChI=1S/C24H25FN2O4S2/c1-17-5-7-20(8-6-17)27-33(29,30)21-9-14-32-22(21)23(28)26-16-24(10-12-31-13-11-24)18-3-2-4-19(25)15-18/h2-9,14-15,27H,10-13,16H2,1H3,(H,26,28). The summed E-state index contributed by atoms with van der Waals surface area (Å²) in [6, 6.07) is 14.8. The van der Waals surface area contributed by atoms with Gasteiger partial charge in [0.05, 0.1) is 0 Å². The largest absolute Gasteiger partial charge is 0.381 e. The molecule has 1 aromatic heterocycles. The van der Waals surface area contributed by atoms with Crippen LogP contribution < -0.4 is 10.0 Å². The number of aryl methyl sites for hydroxylation is 1. The van der Waals surface area contributed by atoms with E-state index in [2.05, 4.69) is 10.0 Å². The van der Waals surface area contributed by atoms with Gasteiger partial charge >= 0.3 is 0 Å². The highest BCUT2D eigenvalue weighted by molar-refractivity contribution is 7.93. The van der Waals surface area contributed by atoms with Crippen LogP contribution in [0.4, 0.5) is 10.1 Å². The van der Waals surface area contributed by atoms with Crippen LogP contribution in [-0.2, 0) is 20.2 Å². The Morgan fingerprint density at radius 1 is 1.12 bits per heavy atom. The Bertz CT molecular complexity index is 1230. The Labute approximate surface area is 196 Å². The number of amides is 1. The molecule has 6 nitrogen and oxygen atoms in total. The fourth-order valence-electron chi connectivity index (χ4n) is 3.98. The first kappa shape index (κ1) is 23.4. The zero-order valence-electron chi connectivity index (χ0n) is 18.1. The lowest BCUT2D eigenvalue weighted by Gasteiger charge is -2.38. The number of hydrogen-bond acceptors (Lipinski definition) is 5. The van der Waals surface area contributed by atoms with Crippen molar-refractivity contribution in [3.8, 4) is 0 Å². The number of halogens is 1. The number of nitrogens with one attached hydrogen (secondary N) is 2. The van der Waals surface area contributed by atoms with Crippen molar-refractivity contribution in [1.82, 2.24) is 5.32 Å². The maximum atomic E-state index is 13.9. The lowest BCUT2D eigenvalue weighted by Crippen LogP contribution is -2.44. The van der Waals surface area contributed by atoms with Gasteiger partial charge in [-0.15, -0.1) is 11.3 Å². The van der Waals surface area contributed by atoms with Gasteiger partial charge in [0.15, 0.2) is 0 Å². The van der Waals surface area contributed by atoms with Crippen molar-refractivity contribution in [1.29, 1.82) is 0 Å². The summed E-state index contributed by atoms with van der Waals surface area (Å²) in [5.41, 5.74) is 1.75. The van der Waals surface area contributed by atoms with Crippen LogP contribution in [0.2, 0.25) is 0 Å². The molecule has 0 saturated carbocycles. The van der Waals surface area contributed by atoms with Gasteiger partial charge in [-0.25, -0.2) is 12.8 Å². The van der Waals surface area contributed by atoms with Crippen LogP contribution in [-0.4, -0.2) is 34.1 Å². The summed E-state index contributed by atoms with van der Waals surface area (Å²) < 4.78 is 47.8. The van der Waals surface area contributed by atoms with Crippen LogP contribution in [0.15, 0.2) is 64.9 Å². The average Bonchev–Trinajstić information content (AvgIpc) is 3.31. The molecule has 0 bridgehead atoms. The number of thiophene rings is 1. The Hall–Kier alpha value is -2.75. The van der Waals surface area contributed by atoms with Crippen LogP contribution in [0.3, 0.4) is 0 Å². The van der Waals surface area contributed by atoms with Crippen LogP contribution in [0.5, 0.6) is 0 Å². The van der Waals surface area contributed by atoms with Gasteiger partial charge in [-0.05, 0) is 61.0 Å². The number of carbonyl (C=O) groups is 1. The molecule has 4 rings (SSSR count). The minimum Gasteiger partial charge on any atom is -0.381 e. The van der Waals surface area contributed by atoms with E-state index in [0.717, 1.165) is 22.5 Å². The van der Waals surface area contributed by atoms with E-state index in [9.17, 15) is 17.6 Å². The van der Waals surface area contributed by atoms with E-state index in [-0.39, 0.29) is 22.1 Å². The highest BCUT2D eigenvalue weighted by atomic mass is 32.2. The third-order valence-corrected chi connectivity index (χ3v) is 8.37. The second-order valence-corrected chi connectivity index (χ2v) is 10.7. The second kappa shape index (κ2) is 9.62. The van der Waals surface area contributed by atoms with E-state index in [0.29, 0.717) is 31.7 Å². The van der Waals surface area contributed by atoms with Crippen molar-refractivity contribution in [3.63, 3.8) is 0 Å². The molecular formula is C24H25FN2O4S2. The van der Waals surface area contributed by atoms with Gasteiger partial charge in [0.25, 0.3) is 15.9 Å².